The second-order valence-corrected chi connectivity index (χ2v) is 4.71. The Hall–Kier alpha value is -1.88. The first kappa shape index (κ1) is 12.6. The molecule has 0 atom stereocenters. The third kappa shape index (κ3) is 2.68. The molecule has 0 saturated heterocycles. The van der Waals surface area contributed by atoms with Crippen molar-refractivity contribution in [3.8, 4) is 0 Å². The van der Waals surface area contributed by atoms with Crippen LogP contribution in [0.2, 0.25) is 0 Å². The largest absolute Gasteiger partial charge is 0.361 e. The van der Waals surface area contributed by atoms with Gasteiger partial charge in [0, 0.05) is 29.2 Å². The molecule has 1 N–H and O–H groups in total. The van der Waals surface area contributed by atoms with Crippen molar-refractivity contribution in [2.45, 2.75) is 12.8 Å². The molecular formula is C13H17N3O2. The Morgan fingerprint density at radius 1 is 1.39 bits per heavy atom. The van der Waals surface area contributed by atoms with Crippen molar-refractivity contribution in [1.82, 2.24) is 9.88 Å². The van der Waals surface area contributed by atoms with Crippen LogP contribution in [0.4, 0.5) is 5.69 Å². The van der Waals surface area contributed by atoms with E-state index in [0.29, 0.717) is 0 Å². The third-order valence-corrected chi connectivity index (χ3v) is 3.01. The van der Waals surface area contributed by atoms with Crippen molar-refractivity contribution in [3.63, 3.8) is 0 Å². The van der Waals surface area contributed by atoms with Crippen molar-refractivity contribution >= 4 is 16.6 Å². The lowest BCUT2D eigenvalue weighted by Crippen LogP contribution is -2.13. The normalized spacial score (nSPS) is 11.3. The lowest BCUT2D eigenvalue weighted by Gasteiger charge is -2.08. The topological polar surface area (TPSA) is 62.2 Å². The molecular weight excluding hydrogens is 230 g/mol. The molecule has 2 aromatic rings. The second kappa shape index (κ2) is 5.18. The molecule has 0 bridgehead atoms. The maximum absolute atomic E-state index is 10.8. The number of hydrogen-bond donors (Lipinski definition) is 1. The van der Waals surface area contributed by atoms with E-state index in [4.69, 9.17) is 0 Å². The van der Waals surface area contributed by atoms with Gasteiger partial charge in [0.2, 0.25) is 0 Å². The summed E-state index contributed by atoms with van der Waals surface area (Å²) in [6, 6.07) is 4.95. The van der Waals surface area contributed by atoms with Crippen molar-refractivity contribution in [1.29, 1.82) is 0 Å². The molecule has 0 spiro atoms. The number of fused-ring (bicyclic) bond motifs is 1. The molecule has 2 rings (SSSR count). The van der Waals surface area contributed by atoms with Gasteiger partial charge in [0.1, 0.15) is 0 Å². The molecule has 0 radical (unpaired) electrons. The zero-order valence-electron chi connectivity index (χ0n) is 10.6. The Morgan fingerprint density at radius 3 is 2.83 bits per heavy atom. The molecule has 1 aromatic heterocycles. The highest BCUT2D eigenvalue weighted by Crippen LogP contribution is 2.24. The Bertz CT molecular complexity index is 560. The first-order valence-corrected chi connectivity index (χ1v) is 5.97. The van der Waals surface area contributed by atoms with Crippen molar-refractivity contribution in [3.05, 3.63) is 40.1 Å². The van der Waals surface area contributed by atoms with Gasteiger partial charge in [-0.2, -0.15) is 0 Å². The number of nitro groups is 1. The maximum Gasteiger partial charge on any atom is 0.270 e. The van der Waals surface area contributed by atoms with Gasteiger partial charge in [-0.15, -0.1) is 0 Å². The van der Waals surface area contributed by atoms with Crippen molar-refractivity contribution in [2.75, 3.05) is 20.6 Å². The quantitative estimate of drug-likeness (QED) is 0.652. The molecule has 0 fully saturated rings. The minimum absolute atomic E-state index is 0.149. The predicted molar refractivity (Wildman–Crippen MR) is 71.8 cm³/mol. The SMILES string of the molecule is CN(C)CCCc1c[nH]c2ccc([N+](=O)[O-])cc12. The van der Waals surface area contributed by atoms with Crippen LogP contribution in [-0.2, 0) is 6.42 Å². The summed E-state index contributed by atoms with van der Waals surface area (Å²) in [5, 5.41) is 11.7. The fraction of sp³-hybridized carbons (Fsp3) is 0.385. The number of nitro benzene ring substituents is 1. The van der Waals surface area contributed by atoms with Crippen LogP contribution in [-0.4, -0.2) is 35.4 Å². The van der Waals surface area contributed by atoms with Gasteiger partial charge in [0.15, 0.2) is 0 Å². The number of rotatable bonds is 5. The Morgan fingerprint density at radius 2 is 2.17 bits per heavy atom. The van der Waals surface area contributed by atoms with Gasteiger partial charge in [0.05, 0.1) is 4.92 Å². The van der Waals surface area contributed by atoms with Crippen LogP contribution in [0.3, 0.4) is 0 Å². The molecule has 1 aromatic carbocycles. The zero-order chi connectivity index (χ0) is 13.1. The average Bonchev–Trinajstić information content (AvgIpc) is 2.71. The smallest absolute Gasteiger partial charge is 0.270 e. The lowest BCUT2D eigenvalue weighted by atomic mass is 10.1. The molecule has 5 nitrogen and oxygen atoms in total. The minimum atomic E-state index is -0.351. The van der Waals surface area contributed by atoms with Crippen LogP contribution in [0.25, 0.3) is 10.9 Å². The number of H-pyrrole nitrogens is 1. The second-order valence-electron chi connectivity index (χ2n) is 4.71. The lowest BCUT2D eigenvalue weighted by molar-refractivity contribution is -0.384. The summed E-state index contributed by atoms with van der Waals surface area (Å²) in [5.41, 5.74) is 2.26. The van der Waals surface area contributed by atoms with Gasteiger partial charge in [-0.05, 0) is 45.1 Å². The predicted octanol–water partition coefficient (Wildman–Crippen LogP) is 2.57. The molecule has 0 aliphatic carbocycles. The van der Waals surface area contributed by atoms with Crippen LogP contribution in [0.5, 0.6) is 0 Å². The summed E-state index contributed by atoms with van der Waals surface area (Å²) in [5.74, 6) is 0. The van der Waals surface area contributed by atoms with Crippen LogP contribution in [0, 0.1) is 10.1 Å². The first-order valence-electron chi connectivity index (χ1n) is 5.97. The summed E-state index contributed by atoms with van der Waals surface area (Å²) in [6.07, 6.45) is 3.92. The van der Waals surface area contributed by atoms with E-state index >= 15 is 0 Å². The molecule has 0 unspecified atom stereocenters. The number of aryl methyl sites for hydroxylation is 1. The van der Waals surface area contributed by atoms with E-state index in [-0.39, 0.29) is 10.6 Å². The maximum atomic E-state index is 10.8. The highest BCUT2D eigenvalue weighted by molar-refractivity contribution is 5.85. The molecule has 96 valence electrons. The number of hydrogen-bond acceptors (Lipinski definition) is 3. The van der Waals surface area contributed by atoms with Crippen LogP contribution in [0.1, 0.15) is 12.0 Å². The van der Waals surface area contributed by atoms with Crippen LogP contribution >= 0.6 is 0 Å². The third-order valence-electron chi connectivity index (χ3n) is 3.01. The number of aromatic nitrogens is 1. The number of nitrogens with one attached hydrogen (secondary N) is 1. The summed E-state index contributed by atoms with van der Waals surface area (Å²) in [7, 11) is 4.08. The van der Waals surface area contributed by atoms with Gasteiger partial charge in [-0.1, -0.05) is 0 Å². The number of benzene rings is 1. The Labute approximate surface area is 106 Å². The molecule has 5 heteroatoms. The van der Waals surface area contributed by atoms with Crippen molar-refractivity contribution in [2.24, 2.45) is 0 Å². The Balaban J connectivity index is 2.22. The standard InChI is InChI=1S/C13H17N3O2/c1-15(2)7-3-4-10-9-14-13-6-5-11(16(17)18)8-12(10)13/h5-6,8-9,14H,3-4,7H2,1-2H3. The van der Waals surface area contributed by atoms with E-state index in [9.17, 15) is 10.1 Å². The summed E-state index contributed by atoms with van der Waals surface area (Å²) < 4.78 is 0. The van der Waals surface area contributed by atoms with E-state index in [2.05, 4.69) is 9.88 Å². The first-order chi connectivity index (χ1) is 8.58. The highest BCUT2D eigenvalue weighted by Gasteiger charge is 2.10. The molecule has 1 heterocycles. The number of nitrogens with zero attached hydrogens (tertiary/aromatic N) is 2. The molecule has 0 saturated carbocycles. The Kier molecular flexibility index (Phi) is 3.62. The molecule has 18 heavy (non-hydrogen) atoms. The van der Waals surface area contributed by atoms with Gasteiger partial charge >= 0.3 is 0 Å². The van der Waals surface area contributed by atoms with Gasteiger partial charge in [0.25, 0.3) is 5.69 Å². The van der Waals surface area contributed by atoms with Crippen LogP contribution < -0.4 is 0 Å². The fourth-order valence-corrected chi connectivity index (χ4v) is 2.07. The van der Waals surface area contributed by atoms with Gasteiger partial charge in [-0.25, -0.2) is 0 Å². The van der Waals surface area contributed by atoms with Crippen molar-refractivity contribution < 1.29 is 4.92 Å². The fourth-order valence-electron chi connectivity index (χ4n) is 2.07. The van der Waals surface area contributed by atoms with E-state index < -0.39 is 0 Å². The number of aromatic amines is 1. The van der Waals surface area contributed by atoms with Crippen LogP contribution in [0.15, 0.2) is 24.4 Å². The summed E-state index contributed by atoms with van der Waals surface area (Å²) in [6.45, 7) is 1.02. The van der Waals surface area contributed by atoms with E-state index in [0.717, 1.165) is 35.9 Å². The van der Waals surface area contributed by atoms with Gasteiger partial charge < -0.3 is 9.88 Å². The average molecular weight is 247 g/mol. The van der Waals surface area contributed by atoms with E-state index in [1.807, 2.05) is 20.3 Å². The molecule has 0 aliphatic rings. The van der Waals surface area contributed by atoms with E-state index in [1.165, 1.54) is 6.07 Å². The van der Waals surface area contributed by atoms with Gasteiger partial charge in [-0.3, -0.25) is 10.1 Å². The monoisotopic (exact) mass is 247 g/mol. The highest BCUT2D eigenvalue weighted by atomic mass is 16.6. The minimum Gasteiger partial charge on any atom is -0.361 e. The zero-order valence-corrected chi connectivity index (χ0v) is 10.6. The number of non-ortho nitro benzene ring substituents is 1. The van der Waals surface area contributed by atoms with E-state index in [1.54, 1.807) is 12.1 Å². The summed E-state index contributed by atoms with van der Waals surface area (Å²) >= 11 is 0. The molecule has 0 aliphatic heterocycles. The molecule has 0 amide bonds. The summed E-state index contributed by atoms with van der Waals surface area (Å²) in [4.78, 5) is 15.7.